The number of nitrogens with zero attached hydrogens (tertiary/aromatic N) is 2. The van der Waals surface area contributed by atoms with E-state index in [-0.39, 0.29) is 29.7 Å². The summed E-state index contributed by atoms with van der Waals surface area (Å²) in [5.41, 5.74) is 3.62. The molecule has 42 heavy (non-hydrogen) atoms. The van der Waals surface area contributed by atoms with Gasteiger partial charge in [-0.25, -0.2) is 13.1 Å². The number of aryl methyl sites for hydroxylation is 1. The molecule has 2 amide bonds. The third-order valence-corrected chi connectivity index (χ3v) is 8.44. The molecule has 0 aliphatic carbocycles. The van der Waals surface area contributed by atoms with Gasteiger partial charge in [-0.3, -0.25) is 14.6 Å². The number of amides is 2. The average Bonchev–Trinajstić information content (AvgIpc) is 3.02. The first-order valence-corrected chi connectivity index (χ1v) is 15.5. The van der Waals surface area contributed by atoms with Crippen LogP contribution in [0.5, 0.6) is 0 Å². The molecule has 1 aromatic heterocycles. The van der Waals surface area contributed by atoms with Crippen LogP contribution in [-0.2, 0) is 45.5 Å². The molecule has 0 saturated heterocycles. The van der Waals surface area contributed by atoms with Crippen LogP contribution in [0.2, 0.25) is 0 Å². The van der Waals surface area contributed by atoms with Crippen LogP contribution in [0.4, 0.5) is 0 Å². The Morgan fingerprint density at radius 2 is 1.40 bits per heavy atom. The van der Waals surface area contributed by atoms with E-state index < -0.39 is 16.1 Å². The van der Waals surface area contributed by atoms with Gasteiger partial charge in [-0.1, -0.05) is 79.7 Å². The van der Waals surface area contributed by atoms with Gasteiger partial charge in [0.05, 0.1) is 4.90 Å². The Bertz CT molecular complexity index is 1530. The molecule has 218 valence electrons. The maximum atomic E-state index is 13.9. The van der Waals surface area contributed by atoms with Gasteiger partial charge in [0.15, 0.2) is 0 Å². The summed E-state index contributed by atoms with van der Waals surface area (Å²) in [5.74, 6) is -0.402. The molecule has 0 bridgehead atoms. The Morgan fingerprint density at radius 1 is 0.786 bits per heavy atom. The van der Waals surface area contributed by atoms with Crippen LogP contribution in [0.3, 0.4) is 0 Å². The van der Waals surface area contributed by atoms with E-state index in [2.05, 4.69) is 15.0 Å². The zero-order chi connectivity index (χ0) is 29.8. The van der Waals surface area contributed by atoms with Crippen molar-refractivity contribution in [3.8, 4) is 0 Å². The molecule has 0 unspecified atom stereocenters. The summed E-state index contributed by atoms with van der Waals surface area (Å²) in [6, 6.07) is 28.8. The predicted octanol–water partition coefficient (Wildman–Crippen LogP) is 4.27. The number of carbonyl (C=O) groups excluding carboxylic acids is 2. The van der Waals surface area contributed by atoms with E-state index >= 15 is 0 Å². The molecule has 0 spiro atoms. The van der Waals surface area contributed by atoms with Crippen LogP contribution in [0.25, 0.3) is 0 Å². The molecule has 0 saturated carbocycles. The van der Waals surface area contributed by atoms with Crippen molar-refractivity contribution in [3.05, 3.63) is 132 Å². The second-order valence-electron chi connectivity index (χ2n) is 9.93. The summed E-state index contributed by atoms with van der Waals surface area (Å²) >= 11 is 0. The lowest BCUT2D eigenvalue weighted by atomic mass is 10.0. The van der Waals surface area contributed by atoms with E-state index in [9.17, 15) is 18.0 Å². The van der Waals surface area contributed by atoms with E-state index in [1.165, 1.54) is 0 Å². The lowest BCUT2D eigenvalue weighted by molar-refractivity contribution is -0.141. The van der Waals surface area contributed by atoms with E-state index in [0.717, 1.165) is 22.3 Å². The summed E-state index contributed by atoms with van der Waals surface area (Å²) in [7, 11) is -3.56. The van der Waals surface area contributed by atoms with Crippen molar-refractivity contribution in [1.29, 1.82) is 0 Å². The first kappa shape index (κ1) is 30.6. The van der Waals surface area contributed by atoms with Gasteiger partial charge < -0.3 is 10.2 Å². The molecule has 9 heteroatoms. The lowest BCUT2D eigenvalue weighted by Gasteiger charge is -2.31. The molecule has 0 fully saturated rings. The molecular formula is C33H36N4O4S. The van der Waals surface area contributed by atoms with Gasteiger partial charge in [-0.15, -0.1) is 0 Å². The maximum Gasteiger partial charge on any atom is 0.243 e. The van der Waals surface area contributed by atoms with Gasteiger partial charge >= 0.3 is 0 Å². The van der Waals surface area contributed by atoms with Crippen molar-refractivity contribution in [1.82, 2.24) is 19.9 Å². The smallest absolute Gasteiger partial charge is 0.243 e. The van der Waals surface area contributed by atoms with Crippen LogP contribution in [0.1, 0.15) is 35.6 Å². The fourth-order valence-corrected chi connectivity index (χ4v) is 5.69. The highest BCUT2D eigenvalue weighted by Crippen LogP contribution is 2.18. The number of hydrogen-bond donors (Lipinski definition) is 2. The summed E-state index contributed by atoms with van der Waals surface area (Å²) < 4.78 is 27.1. The molecule has 1 heterocycles. The van der Waals surface area contributed by atoms with Crippen LogP contribution in [0, 0.1) is 0 Å². The van der Waals surface area contributed by atoms with Crippen LogP contribution < -0.4 is 10.0 Å². The first-order valence-electron chi connectivity index (χ1n) is 14.0. The van der Waals surface area contributed by atoms with Gasteiger partial charge in [0.25, 0.3) is 0 Å². The molecular weight excluding hydrogens is 548 g/mol. The average molecular weight is 585 g/mol. The zero-order valence-corrected chi connectivity index (χ0v) is 24.5. The van der Waals surface area contributed by atoms with Crippen molar-refractivity contribution in [3.63, 3.8) is 0 Å². The number of carbonyl (C=O) groups is 2. The van der Waals surface area contributed by atoms with Gasteiger partial charge in [0.2, 0.25) is 21.8 Å². The third-order valence-electron chi connectivity index (χ3n) is 6.88. The Morgan fingerprint density at radius 3 is 2.02 bits per heavy atom. The molecule has 4 rings (SSSR count). The van der Waals surface area contributed by atoms with Gasteiger partial charge in [0, 0.05) is 44.9 Å². The molecule has 4 aromatic rings. The van der Waals surface area contributed by atoms with Crippen LogP contribution in [0.15, 0.2) is 114 Å². The highest BCUT2D eigenvalue weighted by atomic mass is 32.2. The summed E-state index contributed by atoms with van der Waals surface area (Å²) in [6.07, 6.45) is 4.28. The SMILES string of the molecule is CCNS(=O)(=O)c1ccc(CCC(=O)N(Cc2ccccc2)[C@H](Cc2ccccc2)C(=O)NCc2ccncc2)cc1. The number of benzene rings is 3. The number of sulfonamides is 1. The number of rotatable bonds is 14. The topological polar surface area (TPSA) is 108 Å². The summed E-state index contributed by atoms with van der Waals surface area (Å²) in [4.78, 5) is 33.5. The third kappa shape index (κ3) is 8.83. The molecule has 2 N–H and O–H groups in total. The highest BCUT2D eigenvalue weighted by molar-refractivity contribution is 7.89. The zero-order valence-electron chi connectivity index (χ0n) is 23.6. The van der Waals surface area contributed by atoms with Crippen LogP contribution >= 0.6 is 0 Å². The van der Waals surface area contributed by atoms with E-state index in [4.69, 9.17) is 0 Å². The van der Waals surface area contributed by atoms with Crippen molar-refractivity contribution in [2.45, 2.75) is 50.2 Å². The Labute approximate surface area is 247 Å². The van der Waals surface area contributed by atoms with Gasteiger partial charge in [-0.2, -0.15) is 0 Å². The molecule has 0 radical (unpaired) electrons. The van der Waals surface area contributed by atoms with Crippen molar-refractivity contribution >= 4 is 21.8 Å². The fourth-order valence-electron chi connectivity index (χ4n) is 4.65. The first-order chi connectivity index (χ1) is 20.4. The Balaban J connectivity index is 1.56. The number of hydrogen-bond acceptors (Lipinski definition) is 5. The predicted molar refractivity (Wildman–Crippen MR) is 163 cm³/mol. The number of aromatic nitrogens is 1. The van der Waals surface area contributed by atoms with Gasteiger partial charge in [0.1, 0.15) is 6.04 Å². The minimum absolute atomic E-state index is 0.162. The highest BCUT2D eigenvalue weighted by Gasteiger charge is 2.30. The van der Waals surface area contributed by atoms with Gasteiger partial charge in [-0.05, 0) is 52.9 Å². The van der Waals surface area contributed by atoms with E-state index in [0.29, 0.717) is 25.9 Å². The molecule has 1 atom stereocenters. The van der Waals surface area contributed by atoms with Crippen LogP contribution in [-0.4, -0.2) is 42.7 Å². The fraction of sp³-hybridized carbons (Fsp3) is 0.242. The minimum Gasteiger partial charge on any atom is -0.350 e. The Kier molecular flexibility index (Phi) is 11.0. The van der Waals surface area contributed by atoms with Crippen molar-refractivity contribution < 1.29 is 18.0 Å². The van der Waals surface area contributed by atoms with Crippen molar-refractivity contribution in [2.24, 2.45) is 0 Å². The molecule has 8 nitrogen and oxygen atoms in total. The quantitative estimate of drug-likeness (QED) is 0.230. The second kappa shape index (κ2) is 15.0. The van der Waals surface area contributed by atoms with E-state index in [1.54, 1.807) is 48.5 Å². The number of nitrogens with one attached hydrogen (secondary N) is 2. The summed E-state index contributed by atoms with van der Waals surface area (Å²) in [6.45, 7) is 2.63. The lowest BCUT2D eigenvalue weighted by Crippen LogP contribution is -2.50. The second-order valence-corrected chi connectivity index (χ2v) is 11.7. The monoisotopic (exact) mass is 584 g/mol. The largest absolute Gasteiger partial charge is 0.350 e. The standard InChI is InChI=1S/C33H36N4O4S/c1-2-36-42(40,41)30-16-13-26(14-17-30)15-18-32(38)37(25-29-11-7-4-8-12-29)31(23-27-9-5-3-6-10-27)33(39)35-24-28-19-21-34-22-20-28/h3-14,16-17,19-22,31,36H,2,15,18,23-25H2,1H3,(H,35,39)/t31-/m1/s1. The van der Waals surface area contributed by atoms with Crippen molar-refractivity contribution in [2.75, 3.05) is 6.54 Å². The van der Waals surface area contributed by atoms with E-state index in [1.807, 2.05) is 72.8 Å². The summed E-state index contributed by atoms with van der Waals surface area (Å²) in [5, 5.41) is 3.02. The normalized spacial score (nSPS) is 11.9. The Hall–Kier alpha value is -4.34. The maximum absolute atomic E-state index is 13.9. The minimum atomic E-state index is -3.56. The molecule has 0 aliphatic rings. The molecule has 3 aromatic carbocycles. The number of pyridine rings is 1. The molecule has 0 aliphatic heterocycles.